The Hall–Kier alpha value is -4.52. The molecule has 3 aromatic carbocycles. The van der Waals surface area contributed by atoms with Crippen LogP contribution in [0.2, 0.25) is 0 Å². The highest BCUT2D eigenvalue weighted by Gasteiger charge is 2.18. The van der Waals surface area contributed by atoms with E-state index in [0.717, 1.165) is 33.6 Å². The highest BCUT2D eigenvalue weighted by Crippen LogP contribution is 2.28. The molecule has 0 saturated carbocycles. The summed E-state index contributed by atoms with van der Waals surface area (Å²) >= 11 is 0. The minimum absolute atomic E-state index is 0.146. The lowest BCUT2D eigenvalue weighted by Crippen LogP contribution is -2.23. The van der Waals surface area contributed by atoms with E-state index < -0.39 is 0 Å². The molecule has 0 saturated heterocycles. The van der Waals surface area contributed by atoms with Crippen LogP contribution in [0.4, 0.5) is 4.39 Å². The van der Waals surface area contributed by atoms with Crippen molar-refractivity contribution in [1.82, 2.24) is 20.3 Å². The molecule has 1 N–H and O–H groups in total. The van der Waals surface area contributed by atoms with Crippen LogP contribution in [0.5, 0.6) is 0 Å². The Morgan fingerprint density at radius 2 is 1.77 bits per heavy atom. The van der Waals surface area contributed by atoms with Gasteiger partial charge in [0.25, 0.3) is 5.91 Å². The minimum Gasteiger partial charge on any atom is -0.355 e. The fourth-order valence-corrected chi connectivity index (χ4v) is 3.87. The molecule has 0 radical (unpaired) electrons. The van der Waals surface area contributed by atoms with Crippen LogP contribution < -0.4 is 5.32 Å². The molecule has 1 amide bonds. The number of para-hydroxylation sites is 1. The predicted molar refractivity (Wildman–Crippen MR) is 132 cm³/mol. The van der Waals surface area contributed by atoms with Gasteiger partial charge in [-0.15, -0.1) is 0 Å². The van der Waals surface area contributed by atoms with Gasteiger partial charge in [-0.05, 0) is 61.9 Å². The summed E-state index contributed by atoms with van der Waals surface area (Å²) in [5.41, 5.74) is 6.64. The van der Waals surface area contributed by atoms with Crippen molar-refractivity contribution in [3.8, 4) is 28.3 Å². The van der Waals surface area contributed by atoms with Gasteiger partial charge in [0.15, 0.2) is 11.5 Å². The normalized spacial score (nSPS) is 10.9. The summed E-state index contributed by atoms with van der Waals surface area (Å²) in [6.45, 7) is 4.35. The Labute approximate surface area is 202 Å². The molecule has 5 aromatic rings. The van der Waals surface area contributed by atoms with Crippen molar-refractivity contribution < 1.29 is 13.7 Å². The van der Waals surface area contributed by atoms with Crippen LogP contribution >= 0.6 is 0 Å². The maximum absolute atomic E-state index is 13.2. The Kier molecular flexibility index (Phi) is 5.97. The summed E-state index contributed by atoms with van der Waals surface area (Å²) in [6, 6.07) is 23.4. The van der Waals surface area contributed by atoms with E-state index in [1.807, 2.05) is 55.1 Å². The van der Waals surface area contributed by atoms with E-state index in [2.05, 4.69) is 28.7 Å². The van der Waals surface area contributed by atoms with Gasteiger partial charge in [-0.25, -0.2) is 9.07 Å². The van der Waals surface area contributed by atoms with Gasteiger partial charge in [-0.1, -0.05) is 41.1 Å². The van der Waals surface area contributed by atoms with Crippen molar-refractivity contribution in [3.05, 3.63) is 113 Å². The second-order valence-electron chi connectivity index (χ2n) is 8.37. The van der Waals surface area contributed by atoms with Gasteiger partial charge >= 0.3 is 0 Å². The number of amides is 1. The van der Waals surface area contributed by atoms with E-state index in [9.17, 15) is 9.18 Å². The van der Waals surface area contributed by atoms with Crippen molar-refractivity contribution >= 4 is 5.91 Å². The summed E-state index contributed by atoms with van der Waals surface area (Å²) < 4.78 is 20.3. The van der Waals surface area contributed by atoms with Gasteiger partial charge in [-0.2, -0.15) is 5.10 Å². The van der Waals surface area contributed by atoms with Crippen LogP contribution in [0.1, 0.15) is 27.2 Å². The molecule has 0 fully saturated rings. The van der Waals surface area contributed by atoms with E-state index in [-0.39, 0.29) is 24.0 Å². The zero-order chi connectivity index (χ0) is 24.4. The van der Waals surface area contributed by atoms with Gasteiger partial charge in [-0.3, -0.25) is 4.79 Å². The monoisotopic (exact) mass is 466 g/mol. The van der Waals surface area contributed by atoms with Crippen molar-refractivity contribution in [1.29, 1.82) is 0 Å². The lowest BCUT2D eigenvalue weighted by Gasteiger charge is -2.08. The van der Waals surface area contributed by atoms with E-state index in [1.54, 1.807) is 18.2 Å². The Morgan fingerprint density at radius 1 is 1.00 bits per heavy atom. The first-order chi connectivity index (χ1) is 17.0. The fraction of sp³-hybridized carbons (Fsp3) is 0.107. The van der Waals surface area contributed by atoms with Crippen LogP contribution in [-0.4, -0.2) is 20.8 Å². The van der Waals surface area contributed by atoms with Crippen LogP contribution in [0, 0.1) is 19.7 Å². The summed E-state index contributed by atoms with van der Waals surface area (Å²) in [4.78, 5) is 12.8. The number of hydrogen-bond acceptors (Lipinski definition) is 4. The van der Waals surface area contributed by atoms with Crippen molar-refractivity contribution in [2.75, 3.05) is 0 Å². The van der Waals surface area contributed by atoms with Crippen LogP contribution in [0.15, 0.2) is 89.6 Å². The number of aromatic nitrogens is 3. The van der Waals surface area contributed by atoms with E-state index >= 15 is 0 Å². The number of halogens is 1. The molecule has 0 aliphatic rings. The molecular formula is C28H23FN4O2. The molecule has 5 rings (SSSR count). The van der Waals surface area contributed by atoms with E-state index in [4.69, 9.17) is 9.62 Å². The molecule has 174 valence electrons. The standard InChI is InChI=1S/C28H23FN4O2/c1-18-8-9-19(2)24(14-18)27-21(17-33(31-27)23-6-4-3-5-7-23)16-30-28(34)25-15-26(35-32-25)20-10-12-22(29)13-11-20/h3-15,17H,16H2,1-2H3,(H,30,34). The maximum Gasteiger partial charge on any atom is 0.273 e. The third-order valence-electron chi connectivity index (χ3n) is 5.77. The second kappa shape index (κ2) is 9.38. The molecule has 0 unspecified atom stereocenters. The molecular weight excluding hydrogens is 443 g/mol. The Morgan fingerprint density at radius 3 is 2.54 bits per heavy atom. The number of carbonyl (C=O) groups is 1. The summed E-state index contributed by atoms with van der Waals surface area (Å²) in [6.07, 6.45) is 1.93. The lowest BCUT2D eigenvalue weighted by atomic mass is 10.0. The number of hydrogen-bond donors (Lipinski definition) is 1. The molecule has 0 spiro atoms. The molecule has 0 aliphatic carbocycles. The summed E-state index contributed by atoms with van der Waals surface area (Å²) in [5, 5.41) is 11.7. The van der Waals surface area contributed by atoms with Gasteiger partial charge in [0.1, 0.15) is 5.82 Å². The SMILES string of the molecule is Cc1ccc(C)c(-c2nn(-c3ccccc3)cc2CNC(=O)c2cc(-c3ccc(F)cc3)on2)c1. The third-order valence-corrected chi connectivity index (χ3v) is 5.77. The van der Waals surface area contributed by atoms with Crippen molar-refractivity contribution in [2.24, 2.45) is 0 Å². The first-order valence-corrected chi connectivity index (χ1v) is 11.2. The summed E-state index contributed by atoms with van der Waals surface area (Å²) in [7, 11) is 0. The smallest absolute Gasteiger partial charge is 0.273 e. The van der Waals surface area contributed by atoms with Crippen molar-refractivity contribution in [2.45, 2.75) is 20.4 Å². The molecule has 35 heavy (non-hydrogen) atoms. The van der Waals surface area contributed by atoms with Crippen molar-refractivity contribution in [3.63, 3.8) is 0 Å². The quantitative estimate of drug-likeness (QED) is 0.339. The first kappa shape index (κ1) is 22.3. The molecule has 7 heteroatoms. The molecule has 2 heterocycles. The van der Waals surface area contributed by atoms with E-state index in [1.165, 1.54) is 12.1 Å². The second-order valence-corrected chi connectivity index (χ2v) is 8.37. The Balaban J connectivity index is 1.41. The number of carbonyl (C=O) groups excluding carboxylic acids is 1. The number of nitrogens with one attached hydrogen (secondary N) is 1. The minimum atomic E-state index is -0.374. The highest BCUT2D eigenvalue weighted by atomic mass is 19.1. The van der Waals surface area contributed by atoms with Gasteiger partial charge in [0, 0.05) is 35.5 Å². The first-order valence-electron chi connectivity index (χ1n) is 11.2. The predicted octanol–water partition coefficient (Wildman–Crippen LogP) is 5.88. The highest BCUT2D eigenvalue weighted by molar-refractivity contribution is 5.93. The summed E-state index contributed by atoms with van der Waals surface area (Å²) in [5.74, 6) is -0.327. The zero-order valence-corrected chi connectivity index (χ0v) is 19.3. The molecule has 0 atom stereocenters. The molecule has 2 aromatic heterocycles. The van der Waals surface area contributed by atoms with Crippen LogP contribution in [-0.2, 0) is 6.54 Å². The number of rotatable bonds is 6. The largest absolute Gasteiger partial charge is 0.355 e. The maximum atomic E-state index is 13.2. The molecule has 0 aliphatic heterocycles. The van der Waals surface area contributed by atoms with Gasteiger partial charge in [0.05, 0.1) is 11.4 Å². The van der Waals surface area contributed by atoms with Gasteiger partial charge in [0.2, 0.25) is 0 Å². The zero-order valence-electron chi connectivity index (χ0n) is 19.3. The third kappa shape index (κ3) is 4.75. The van der Waals surface area contributed by atoms with Crippen LogP contribution in [0.25, 0.3) is 28.3 Å². The lowest BCUT2D eigenvalue weighted by molar-refractivity contribution is 0.0942. The average molecular weight is 467 g/mol. The number of nitrogens with zero attached hydrogens (tertiary/aromatic N) is 3. The van der Waals surface area contributed by atoms with Gasteiger partial charge < -0.3 is 9.84 Å². The molecule has 6 nitrogen and oxygen atoms in total. The van der Waals surface area contributed by atoms with Crippen LogP contribution in [0.3, 0.4) is 0 Å². The Bertz CT molecular complexity index is 1490. The number of benzene rings is 3. The average Bonchev–Trinajstić information content (AvgIpc) is 3.53. The topological polar surface area (TPSA) is 73.0 Å². The molecule has 0 bridgehead atoms. The fourth-order valence-electron chi connectivity index (χ4n) is 3.87. The van der Waals surface area contributed by atoms with E-state index in [0.29, 0.717) is 11.3 Å². The number of aryl methyl sites for hydroxylation is 2.